The maximum absolute atomic E-state index is 5.35. The lowest BCUT2D eigenvalue weighted by Gasteiger charge is -2.08. The highest BCUT2D eigenvalue weighted by atomic mass is 15.4. The molecular formula is C9H12N12. The molecule has 0 radical (unpaired) electrons. The fraction of sp³-hybridized carbons (Fsp3) is 0.222. The summed E-state index contributed by atoms with van der Waals surface area (Å²) >= 11 is 0. The van der Waals surface area contributed by atoms with Gasteiger partial charge in [-0.3, -0.25) is 10.1 Å². The van der Waals surface area contributed by atoms with Crippen molar-refractivity contribution in [2.24, 2.45) is 5.84 Å². The second kappa shape index (κ2) is 5.87. The fourth-order valence-corrected chi connectivity index (χ4v) is 1.56. The summed E-state index contributed by atoms with van der Waals surface area (Å²) in [6, 6.07) is 0. The highest BCUT2D eigenvalue weighted by molar-refractivity contribution is 5.36. The van der Waals surface area contributed by atoms with E-state index in [9.17, 15) is 0 Å². The number of aromatic nitrogens is 9. The van der Waals surface area contributed by atoms with Gasteiger partial charge in [0.25, 0.3) is 5.95 Å². The number of rotatable bonds is 6. The van der Waals surface area contributed by atoms with Gasteiger partial charge in [0.2, 0.25) is 11.9 Å². The second-order valence-electron chi connectivity index (χ2n) is 3.86. The van der Waals surface area contributed by atoms with Crippen molar-refractivity contribution in [1.29, 1.82) is 0 Å². The maximum atomic E-state index is 5.35. The third-order valence-electron chi connectivity index (χ3n) is 2.47. The molecule has 0 spiro atoms. The minimum absolute atomic E-state index is 0.221. The lowest BCUT2D eigenvalue weighted by Crippen LogP contribution is -2.18. The van der Waals surface area contributed by atoms with E-state index in [2.05, 4.69) is 46.1 Å². The molecule has 12 nitrogen and oxygen atoms in total. The molecule has 3 heterocycles. The van der Waals surface area contributed by atoms with Crippen molar-refractivity contribution < 1.29 is 0 Å². The third kappa shape index (κ3) is 3.06. The largest absolute Gasteiger partial charge is 0.352 e. The Balaban J connectivity index is 1.73. The Bertz CT molecular complexity index is 675. The number of hydrogen-bond donors (Lipinski definition) is 3. The quantitative estimate of drug-likeness (QED) is 0.359. The molecule has 3 aromatic rings. The molecule has 3 rings (SSSR count). The van der Waals surface area contributed by atoms with Gasteiger partial charge in [-0.2, -0.15) is 24.7 Å². The van der Waals surface area contributed by atoms with Gasteiger partial charge in [-0.15, -0.1) is 5.10 Å². The normalized spacial score (nSPS) is 10.5. The highest BCUT2D eigenvalue weighted by Crippen LogP contribution is 2.07. The van der Waals surface area contributed by atoms with Crippen LogP contribution in [0.15, 0.2) is 25.0 Å². The van der Waals surface area contributed by atoms with Gasteiger partial charge in [0.1, 0.15) is 12.7 Å². The van der Waals surface area contributed by atoms with Crippen molar-refractivity contribution in [3.8, 4) is 5.95 Å². The molecule has 3 aromatic heterocycles. The minimum Gasteiger partial charge on any atom is -0.352 e. The number of anilines is 2. The SMILES string of the molecule is NNc1nc(NCCn2ccnn2)nc(-n2cncn2)n1. The second-order valence-corrected chi connectivity index (χ2v) is 3.86. The van der Waals surface area contributed by atoms with Crippen LogP contribution in [0.2, 0.25) is 0 Å². The van der Waals surface area contributed by atoms with Crippen LogP contribution in [0.5, 0.6) is 0 Å². The van der Waals surface area contributed by atoms with Crippen molar-refractivity contribution in [3.05, 3.63) is 25.0 Å². The zero-order valence-electron chi connectivity index (χ0n) is 10.8. The fourth-order valence-electron chi connectivity index (χ4n) is 1.56. The van der Waals surface area contributed by atoms with Crippen molar-refractivity contribution >= 4 is 11.9 Å². The van der Waals surface area contributed by atoms with Crippen molar-refractivity contribution in [3.63, 3.8) is 0 Å². The monoisotopic (exact) mass is 288 g/mol. The molecule has 4 N–H and O–H groups in total. The summed E-state index contributed by atoms with van der Waals surface area (Å²) in [4.78, 5) is 16.3. The van der Waals surface area contributed by atoms with E-state index in [4.69, 9.17) is 5.84 Å². The van der Waals surface area contributed by atoms with E-state index in [0.717, 1.165) is 0 Å². The molecule has 0 amide bonds. The number of nitrogens with zero attached hydrogens (tertiary/aromatic N) is 9. The van der Waals surface area contributed by atoms with E-state index in [1.165, 1.54) is 17.3 Å². The Morgan fingerprint density at radius 2 is 2.10 bits per heavy atom. The third-order valence-corrected chi connectivity index (χ3v) is 2.47. The Morgan fingerprint density at radius 1 is 1.19 bits per heavy atom. The summed E-state index contributed by atoms with van der Waals surface area (Å²) < 4.78 is 3.10. The van der Waals surface area contributed by atoms with Gasteiger partial charge >= 0.3 is 0 Å². The molecule has 0 aromatic carbocycles. The van der Waals surface area contributed by atoms with Crippen molar-refractivity contribution in [2.75, 3.05) is 17.3 Å². The number of nitrogens with one attached hydrogen (secondary N) is 2. The minimum atomic E-state index is 0.221. The smallest absolute Gasteiger partial charge is 0.258 e. The lowest BCUT2D eigenvalue weighted by atomic mass is 10.6. The van der Waals surface area contributed by atoms with Gasteiger partial charge in [0, 0.05) is 12.7 Å². The average molecular weight is 288 g/mol. The number of hydrogen-bond acceptors (Lipinski definition) is 10. The van der Waals surface area contributed by atoms with Crippen molar-refractivity contribution in [1.82, 2.24) is 44.7 Å². The Hall–Kier alpha value is -3.15. The van der Waals surface area contributed by atoms with Crippen LogP contribution in [0.3, 0.4) is 0 Å². The molecular weight excluding hydrogens is 276 g/mol. The molecule has 108 valence electrons. The Kier molecular flexibility index (Phi) is 3.60. The van der Waals surface area contributed by atoms with Crippen LogP contribution < -0.4 is 16.6 Å². The summed E-state index contributed by atoms with van der Waals surface area (Å²) in [5.41, 5.74) is 2.38. The van der Waals surface area contributed by atoms with E-state index in [1.807, 2.05) is 0 Å². The van der Waals surface area contributed by atoms with E-state index >= 15 is 0 Å². The predicted molar refractivity (Wildman–Crippen MR) is 71.1 cm³/mol. The van der Waals surface area contributed by atoms with E-state index in [1.54, 1.807) is 17.1 Å². The summed E-state index contributed by atoms with van der Waals surface area (Å²) in [5.74, 6) is 6.24. The van der Waals surface area contributed by atoms with Gasteiger partial charge in [0.05, 0.1) is 12.7 Å². The van der Waals surface area contributed by atoms with Gasteiger partial charge in [-0.1, -0.05) is 5.21 Å². The summed E-state index contributed by atoms with van der Waals surface area (Å²) in [5, 5.41) is 14.6. The van der Waals surface area contributed by atoms with Gasteiger partial charge in [0.15, 0.2) is 0 Å². The zero-order valence-corrected chi connectivity index (χ0v) is 10.8. The maximum Gasteiger partial charge on any atom is 0.258 e. The summed E-state index contributed by atoms with van der Waals surface area (Å²) in [6.07, 6.45) is 6.25. The highest BCUT2D eigenvalue weighted by Gasteiger charge is 2.07. The first-order valence-corrected chi connectivity index (χ1v) is 6.01. The molecule has 0 atom stereocenters. The van der Waals surface area contributed by atoms with Crippen molar-refractivity contribution in [2.45, 2.75) is 6.54 Å². The van der Waals surface area contributed by atoms with E-state index < -0.39 is 0 Å². The molecule has 0 aliphatic rings. The number of nitrogens with two attached hydrogens (primary N) is 1. The lowest BCUT2D eigenvalue weighted by molar-refractivity contribution is 0.607. The number of hydrazine groups is 1. The summed E-state index contributed by atoms with van der Waals surface area (Å²) in [6.45, 7) is 1.18. The topological polar surface area (TPSA) is 150 Å². The molecule has 0 fully saturated rings. The molecule has 0 saturated heterocycles. The van der Waals surface area contributed by atoms with Crippen LogP contribution in [0.25, 0.3) is 5.95 Å². The van der Waals surface area contributed by atoms with Crippen LogP contribution in [0.1, 0.15) is 0 Å². The van der Waals surface area contributed by atoms with Gasteiger partial charge in [-0.25, -0.2) is 10.8 Å². The molecule has 0 aliphatic heterocycles. The van der Waals surface area contributed by atoms with Crippen LogP contribution in [0.4, 0.5) is 11.9 Å². The Morgan fingerprint density at radius 3 is 2.81 bits per heavy atom. The molecule has 0 saturated carbocycles. The van der Waals surface area contributed by atoms with Gasteiger partial charge in [-0.05, 0) is 0 Å². The molecule has 21 heavy (non-hydrogen) atoms. The van der Waals surface area contributed by atoms with Crippen LogP contribution >= 0.6 is 0 Å². The standard InChI is InChI=1S/C9H12N12/c10-18-8-15-7(12-1-3-20-4-2-13-19-20)16-9(17-8)21-6-11-5-14-21/h2,4-6H,1,3,10H2,(H2,12,15,16,17,18). The Labute approximate surface area is 118 Å². The molecule has 0 bridgehead atoms. The van der Waals surface area contributed by atoms with Crippen LogP contribution in [-0.2, 0) is 6.54 Å². The number of nitrogen functional groups attached to an aromatic ring is 1. The van der Waals surface area contributed by atoms with Crippen LogP contribution in [0, 0.1) is 0 Å². The zero-order chi connectivity index (χ0) is 14.5. The average Bonchev–Trinajstić information content (AvgIpc) is 3.20. The van der Waals surface area contributed by atoms with E-state index in [0.29, 0.717) is 25.0 Å². The molecule has 0 aliphatic carbocycles. The van der Waals surface area contributed by atoms with E-state index in [-0.39, 0.29) is 5.95 Å². The predicted octanol–water partition coefficient (Wildman–Crippen LogP) is -1.56. The molecule has 0 unspecified atom stereocenters. The first-order valence-electron chi connectivity index (χ1n) is 6.01. The molecule has 12 heteroatoms. The summed E-state index contributed by atoms with van der Waals surface area (Å²) in [7, 11) is 0. The first-order chi connectivity index (χ1) is 10.3. The van der Waals surface area contributed by atoms with Gasteiger partial charge < -0.3 is 5.32 Å². The van der Waals surface area contributed by atoms with Crippen LogP contribution in [-0.4, -0.2) is 51.3 Å². The first kappa shape index (κ1) is 12.9.